The summed E-state index contributed by atoms with van der Waals surface area (Å²) in [6.07, 6.45) is 1.53. The highest BCUT2D eigenvalue weighted by Gasteiger charge is 2.14. The maximum atomic E-state index is 11.2. The zero-order chi connectivity index (χ0) is 13.8. The molecule has 0 amide bonds. The Hall–Kier alpha value is -2.56. The molecule has 5 heteroatoms. The highest BCUT2D eigenvalue weighted by Crippen LogP contribution is 2.30. The van der Waals surface area contributed by atoms with E-state index in [4.69, 9.17) is 14.6 Å². The molecule has 98 valence electrons. The van der Waals surface area contributed by atoms with Gasteiger partial charge in [0.2, 0.25) is 5.88 Å². The van der Waals surface area contributed by atoms with E-state index in [0.717, 1.165) is 5.56 Å². The number of hydrogen-bond acceptors (Lipinski definition) is 4. The summed E-state index contributed by atoms with van der Waals surface area (Å²) in [5.41, 5.74) is 0.867. The first-order chi connectivity index (χ1) is 9.11. The summed E-state index contributed by atoms with van der Waals surface area (Å²) in [5.74, 6) is 0.176. The molecule has 19 heavy (non-hydrogen) atoms. The summed E-state index contributed by atoms with van der Waals surface area (Å²) >= 11 is 0. The quantitative estimate of drug-likeness (QED) is 0.914. The van der Waals surface area contributed by atoms with Gasteiger partial charge >= 0.3 is 5.97 Å². The van der Waals surface area contributed by atoms with Crippen molar-refractivity contribution in [3.8, 4) is 17.4 Å². The van der Waals surface area contributed by atoms with Crippen molar-refractivity contribution in [2.45, 2.75) is 6.92 Å². The molecule has 0 spiro atoms. The summed E-state index contributed by atoms with van der Waals surface area (Å²) in [7, 11) is 1.50. The van der Waals surface area contributed by atoms with Crippen molar-refractivity contribution < 1.29 is 19.4 Å². The van der Waals surface area contributed by atoms with Crippen LogP contribution < -0.4 is 9.47 Å². The van der Waals surface area contributed by atoms with E-state index in [0.29, 0.717) is 17.4 Å². The Labute approximate surface area is 110 Å². The Morgan fingerprint density at radius 2 is 2.11 bits per heavy atom. The fraction of sp³-hybridized carbons (Fsp3) is 0.143. The lowest BCUT2D eigenvalue weighted by Crippen LogP contribution is -2.01. The number of ether oxygens (including phenoxy) is 2. The van der Waals surface area contributed by atoms with E-state index in [1.807, 2.05) is 0 Å². The molecule has 0 fully saturated rings. The van der Waals surface area contributed by atoms with E-state index in [1.54, 1.807) is 31.2 Å². The SMILES string of the molecule is COc1cc(Oc2c(C)cccc2C(=O)O)ccn1. The lowest BCUT2D eigenvalue weighted by atomic mass is 10.1. The molecule has 2 rings (SSSR count). The normalized spacial score (nSPS) is 10.0. The Kier molecular flexibility index (Phi) is 3.66. The van der Waals surface area contributed by atoms with Gasteiger partial charge in [0, 0.05) is 12.3 Å². The van der Waals surface area contributed by atoms with Crippen LogP contribution in [0.25, 0.3) is 0 Å². The number of carboxylic acid groups (broad SMARTS) is 1. The first-order valence-electron chi connectivity index (χ1n) is 5.62. The number of benzene rings is 1. The summed E-state index contributed by atoms with van der Waals surface area (Å²) in [6, 6.07) is 8.21. The van der Waals surface area contributed by atoms with Crippen molar-refractivity contribution in [2.24, 2.45) is 0 Å². The Morgan fingerprint density at radius 1 is 1.32 bits per heavy atom. The molecule has 1 aromatic carbocycles. The minimum Gasteiger partial charge on any atom is -0.481 e. The van der Waals surface area contributed by atoms with Crippen molar-refractivity contribution >= 4 is 5.97 Å². The summed E-state index contributed by atoms with van der Waals surface area (Å²) < 4.78 is 10.6. The average Bonchev–Trinajstić information content (AvgIpc) is 2.41. The van der Waals surface area contributed by atoms with E-state index >= 15 is 0 Å². The van der Waals surface area contributed by atoms with Crippen molar-refractivity contribution in [2.75, 3.05) is 7.11 Å². The van der Waals surface area contributed by atoms with Gasteiger partial charge in [0.15, 0.2) is 0 Å². The van der Waals surface area contributed by atoms with Gasteiger partial charge in [-0.1, -0.05) is 12.1 Å². The Morgan fingerprint density at radius 3 is 2.79 bits per heavy atom. The number of para-hydroxylation sites is 1. The number of aromatic carboxylic acids is 1. The maximum Gasteiger partial charge on any atom is 0.339 e. The number of methoxy groups -OCH3 is 1. The lowest BCUT2D eigenvalue weighted by molar-refractivity contribution is 0.0694. The van der Waals surface area contributed by atoms with Crippen molar-refractivity contribution in [3.05, 3.63) is 47.7 Å². The van der Waals surface area contributed by atoms with Crippen molar-refractivity contribution in [3.63, 3.8) is 0 Å². The minimum absolute atomic E-state index is 0.121. The molecular formula is C14H13NO4. The third kappa shape index (κ3) is 2.82. The largest absolute Gasteiger partial charge is 0.481 e. The van der Waals surface area contributed by atoms with Gasteiger partial charge in [0.1, 0.15) is 17.1 Å². The predicted octanol–water partition coefficient (Wildman–Crippen LogP) is 2.89. The van der Waals surface area contributed by atoms with Crippen LogP contribution in [0.1, 0.15) is 15.9 Å². The number of aryl methyl sites for hydroxylation is 1. The monoisotopic (exact) mass is 259 g/mol. The van der Waals surface area contributed by atoms with Gasteiger partial charge < -0.3 is 14.6 Å². The zero-order valence-corrected chi connectivity index (χ0v) is 10.6. The Balaban J connectivity index is 2.40. The number of rotatable bonds is 4. The molecule has 0 radical (unpaired) electrons. The Bertz CT molecular complexity index is 610. The van der Waals surface area contributed by atoms with Gasteiger partial charge in [-0.25, -0.2) is 9.78 Å². The molecule has 0 saturated heterocycles. The molecule has 2 aromatic rings. The lowest BCUT2D eigenvalue weighted by Gasteiger charge is -2.11. The second-order valence-corrected chi connectivity index (χ2v) is 3.89. The summed E-state index contributed by atoms with van der Waals surface area (Å²) in [5, 5.41) is 9.15. The molecule has 0 saturated carbocycles. The molecule has 1 heterocycles. The molecule has 1 aromatic heterocycles. The molecule has 0 unspecified atom stereocenters. The van der Waals surface area contributed by atoms with Crippen molar-refractivity contribution in [1.82, 2.24) is 4.98 Å². The molecule has 5 nitrogen and oxygen atoms in total. The molecule has 0 bridgehead atoms. The fourth-order valence-corrected chi connectivity index (χ4v) is 1.64. The van der Waals surface area contributed by atoms with Crippen LogP contribution in [0, 0.1) is 6.92 Å². The third-order valence-electron chi connectivity index (χ3n) is 2.58. The van der Waals surface area contributed by atoms with Crippen LogP contribution in [-0.4, -0.2) is 23.2 Å². The number of pyridine rings is 1. The van der Waals surface area contributed by atoms with Crippen molar-refractivity contribution in [1.29, 1.82) is 0 Å². The predicted molar refractivity (Wildman–Crippen MR) is 69.0 cm³/mol. The fourth-order valence-electron chi connectivity index (χ4n) is 1.64. The van der Waals surface area contributed by atoms with Crippen LogP contribution in [-0.2, 0) is 0 Å². The standard InChI is InChI=1S/C14H13NO4/c1-9-4-3-5-11(14(16)17)13(9)19-10-6-7-15-12(8-10)18-2/h3-8H,1-2H3,(H,16,17). The second-order valence-electron chi connectivity index (χ2n) is 3.89. The molecule has 0 atom stereocenters. The molecule has 0 aliphatic carbocycles. The van der Waals surface area contributed by atoms with Crippen LogP contribution in [0.2, 0.25) is 0 Å². The van der Waals surface area contributed by atoms with Crippen LogP contribution in [0.4, 0.5) is 0 Å². The van der Waals surface area contributed by atoms with Gasteiger partial charge in [-0.3, -0.25) is 0 Å². The highest BCUT2D eigenvalue weighted by atomic mass is 16.5. The molecule has 1 N–H and O–H groups in total. The van der Waals surface area contributed by atoms with Gasteiger partial charge in [-0.15, -0.1) is 0 Å². The topological polar surface area (TPSA) is 68.7 Å². The van der Waals surface area contributed by atoms with Crippen LogP contribution in [0.15, 0.2) is 36.5 Å². The maximum absolute atomic E-state index is 11.2. The number of carboxylic acids is 1. The smallest absolute Gasteiger partial charge is 0.339 e. The number of aromatic nitrogens is 1. The van der Waals surface area contributed by atoms with Crippen LogP contribution >= 0.6 is 0 Å². The van der Waals surface area contributed by atoms with E-state index in [1.165, 1.54) is 19.4 Å². The zero-order valence-electron chi connectivity index (χ0n) is 10.6. The van der Waals surface area contributed by atoms with Gasteiger partial charge in [0.25, 0.3) is 0 Å². The number of nitrogens with zero attached hydrogens (tertiary/aromatic N) is 1. The number of hydrogen-bond donors (Lipinski definition) is 1. The van der Waals surface area contributed by atoms with Gasteiger partial charge in [-0.2, -0.15) is 0 Å². The highest BCUT2D eigenvalue weighted by molar-refractivity contribution is 5.91. The second kappa shape index (κ2) is 5.39. The van der Waals surface area contributed by atoms with E-state index in [9.17, 15) is 4.79 Å². The molecular weight excluding hydrogens is 246 g/mol. The van der Waals surface area contributed by atoms with E-state index in [-0.39, 0.29) is 5.56 Å². The minimum atomic E-state index is -1.03. The third-order valence-corrected chi connectivity index (χ3v) is 2.58. The first kappa shape index (κ1) is 12.9. The summed E-state index contributed by atoms with van der Waals surface area (Å²) in [4.78, 5) is 15.1. The van der Waals surface area contributed by atoms with Gasteiger partial charge in [-0.05, 0) is 24.6 Å². The van der Waals surface area contributed by atoms with E-state index in [2.05, 4.69) is 4.98 Å². The first-order valence-corrected chi connectivity index (χ1v) is 5.62. The average molecular weight is 259 g/mol. The number of carbonyl (C=O) groups is 1. The summed E-state index contributed by atoms with van der Waals surface area (Å²) in [6.45, 7) is 1.79. The van der Waals surface area contributed by atoms with Crippen LogP contribution in [0.3, 0.4) is 0 Å². The molecule has 0 aliphatic rings. The van der Waals surface area contributed by atoms with Gasteiger partial charge in [0.05, 0.1) is 7.11 Å². The molecule has 0 aliphatic heterocycles. The van der Waals surface area contributed by atoms with Crippen LogP contribution in [0.5, 0.6) is 17.4 Å². The van der Waals surface area contributed by atoms with E-state index < -0.39 is 5.97 Å².